The van der Waals surface area contributed by atoms with Crippen LogP contribution in [0.1, 0.15) is 17.5 Å². The fourth-order valence-corrected chi connectivity index (χ4v) is 1.77. The quantitative estimate of drug-likeness (QED) is 0.718. The van der Waals surface area contributed by atoms with Crippen molar-refractivity contribution < 1.29 is 0 Å². The van der Waals surface area contributed by atoms with E-state index in [0.29, 0.717) is 6.54 Å². The van der Waals surface area contributed by atoms with Crippen LogP contribution in [-0.4, -0.2) is 6.54 Å². The maximum atomic E-state index is 5.44. The van der Waals surface area contributed by atoms with Gasteiger partial charge in [0.1, 0.15) is 0 Å². The fourth-order valence-electron chi connectivity index (χ4n) is 1.77. The van der Waals surface area contributed by atoms with Crippen LogP contribution in [0.4, 0.5) is 0 Å². The summed E-state index contributed by atoms with van der Waals surface area (Å²) < 4.78 is 0. The third-order valence-corrected chi connectivity index (χ3v) is 2.62. The van der Waals surface area contributed by atoms with Gasteiger partial charge >= 0.3 is 0 Å². The molecular formula is C15H15N. The van der Waals surface area contributed by atoms with Crippen LogP contribution in [0.25, 0.3) is 10.8 Å². The molecular weight excluding hydrogens is 194 g/mol. The van der Waals surface area contributed by atoms with Crippen molar-refractivity contribution in [3.63, 3.8) is 0 Å². The molecule has 0 saturated carbocycles. The second-order valence-electron chi connectivity index (χ2n) is 3.82. The Labute approximate surface area is 96.3 Å². The molecule has 1 heteroatoms. The van der Waals surface area contributed by atoms with Crippen molar-refractivity contribution in [2.75, 3.05) is 6.54 Å². The van der Waals surface area contributed by atoms with Gasteiger partial charge in [0, 0.05) is 18.5 Å². The number of aryl methyl sites for hydroxylation is 1. The number of fused-ring (bicyclic) bond motifs is 1. The van der Waals surface area contributed by atoms with Gasteiger partial charge < -0.3 is 5.73 Å². The first-order chi connectivity index (χ1) is 7.83. The Balaban J connectivity index is 2.58. The lowest BCUT2D eigenvalue weighted by Gasteiger charge is -2.03. The summed E-state index contributed by atoms with van der Waals surface area (Å²) in [7, 11) is 0. The van der Waals surface area contributed by atoms with Crippen LogP contribution < -0.4 is 5.73 Å². The van der Waals surface area contributed by atoms with Crippen LogP contribution >= 0.6 is 0 Å². The molecule has 0 aliphatic carbocycles. The van der Waals surface area contributed by atoms with E-state index >= 15 is 0 Å². The summed E-state index contributed by atoms with van der Waals surface area (Å²) in [4.78, 5) is 0. The van der Waals surface area contributed by atoms with E-state index in [9.17, 15) is 0 Å². The van der Waals surface area contributed by atoms with Gasteiger partial charge in [-0.1, -0.05) is 48.2 Å². The van der Waals surface area contributed by atoms with Gasteiger partial charge in [-0.05, 0) is 23.3 Å². The molecule has 2 rings (SSSR count). The highest BCUT2D eigenvalue weighted by Gasteiger charge is 2.00. The van der Waals surface area contributed by atoms with E-state index in [1.807, 2.05) is 0 Å². The molecule has 2 N–H and O–H groups in total. The number of hydrogen-bond acceptors (Lipinski definition) is 1. The molecule has 2 aromatic carbocycles. The van der Waals surface area contributed by atoms with Gasteiger partial charge in [-0.25, -0.2) is 0 Å². The summed E-state index contributed by atoms with van der Waals surface area (Å²) in [5, 5.41) is 2.47. The molecule has 0 aromatic heterocycles. The third-order valence-electron chi connectivity index (χ3n) is 2.62. The highest BCUT2D eigenvalue weighted by Crippen LogP contribution is 2.21. The lowest BCUT2D eigenvalue weighted by molar-refractivity contribution is 1.03. The van der Waals surface area contributed by atoms with Crippen molar-refractivity contribution in [2.45, 2.75) is 13.3 Å². The minimum atomic E-state index is 0.622. The predicted molar refractivity (Wildman–Crippen MR) is 69.2 cm³/mol. The average Bonchev–Trinajstić information content (AvgIpc) is 2.32. The molecule has 16 heavy (non-hydrogen) atoms. The van der Waals surface area contributed by atoms with E-state index in [2.05, 4.69) is 55.2 Å². The van der Waals surface area contributed by atoms with E-state index in [4.69, 9.17) is 5.73 Å². The molecule has 0 aliphatic rings. The largest absolute Gasteiger partial charge is 0.330 e. The van der Waals surface area contributed by atoms with Gasteiger partial charge in [0.25, 0.3) is 0 Å². The van der Waals surface area contributed by atoms with E-state index in [1.165, 1.54) is 16.3 Å². The SMILES string of the molecule is Cc1ccc2ccccc2c1C#CCCN. The summed E-state index contributed by atoms with van der Waals surface area (Å²) in [5.74, 6) is 6.34. The zero-order valence-corrected chi connectivity index (χ0v) is 9.46. The normalized spacial score (nSPS) is 9.88. The predicted octanol–water partition coefficient (Wildman–Crippen LogP) is 2.85. The molecule has 0 amide bonds. The molecule has 1 nitrogen and oxygen atoms in total. The van der Waals surface area contributed by atoms with Crippen molar-refractivity contribution in [1.29, 1.82) is 0 Å². The smallest absolute Gasteiger partial charge is 0.0352 e. The lowest BCUT2D eigenvalue weighted by Crippen LogP contribution is -1.95. The molecule has 0 aliphatic heterocycles. The second kappa shape index (κ2) is 4.83. The first-order valence-electron chi connectivity index (χ1n) is 5.50. The molecule has 0 heterocycles. The Morgan fingerprint density at radius 1 is 1.12 bits per heavy atom. The summed E-state index contributed by atoms with van der Waals surface area (Å²) in [6.45, 7) is 2.72. The second-order valence-corrected chi connectivity index (χ2v) is 3.82. The van der Waals surface area contributed by atoms with E-state index in [0.717, 1.165) is 12.0 Å². The monoisotopic (exact) mass is 209 g/mol. The zero-order valence-electron chi connectivity index (χ0n) is 9.46. The minimum Gasteiger partial charge on any atom is -0.330 e. The molecule has 2 aromatic rings. The number of nitrogens with two attached hydrogens (primary N) is 1. The first-order valence-corrected chi connectivity index (χ1v) is 5.50. The maximum absolute atomic E-state index is 5.44. The van der Waals surface area contributed by atoms with Crippen molar-refractivity contribution in [1.82, 2.24) is 0 Å². The maximum Gasteiger partial charge on any atom is 0.0352 e. The molecule has 0 bridgehead atoms. The van der Waals surface area contributed by atoms with Gasteiger partial charge in [0.05, 0.1) is 0 Å². The lowest BCUT2D eigenvalue weighted by atomic mass is 10.00. The highest BCUT2D eigenvalue weighted by atomic mass is 14.5. The summed E-state index contributed by atoms with van der Waals surface area (Å²) >= 11 is 0. The van der Waals surface area contributed by atoms with Crippen LogP contribution in [0.2, 0.25) is 0 Å². The van der Waals surface area contributed by atoms with Crippen LogP contribution in [0, 0.1) is 18.8 Å². The topological polar surface area (TPSA) is 26.0 Å². The van der Waals surface area contributed by atoms with Gasteiger partial charge in [-0.15, -0.1) is 0 Å². The summed E-state index contributed by atoms with van der Waals surface area (Å²) in [6, 6.07) is 12.6. The summed E-state index contributed by atoms with van der Waals surface area (Å²) in [6.07, 6.45) is 0.753. The van der Waals surface area contributed by atoms with Crippen molar-refractivity contribution in [3.8, 4) is 11.8 Å². The Morgan fingerprint density at radius 2 is 1.94 bits per heavy atom. The van der Waals surface area contributed by atoms with Gasteiger partial charge in [-0.3, -0.25) is 0 Å². The van der Waals surface area contributed by atoms with Crippen LogP contribution in [0.3, 0.4) is 0 Å². The molecule has 0 saturated heterocycles. The number of benzene rings is 2. The molecule has 0 spiro atoms. The van der Waals surface area contributed by atoms with Crippen molar-refractivity contribution in [2.24, 2.45) is 5.73 Å². The van der Waals surface area contributed by atoms with E-state index in [-0.39, 0.29) is 0 Å². The third kappa shape index (κ3) is 2.08. The van der Waals surface area contributed by atoms with Crippen molar-refractivity contribution in [3.05, 3.63) is 47.5 Å². The van der Waals surface area contributed by atoms with Crippen molar-refractivity contribution >= 4 is 10.8 Å². The van der Waals surface area contributed by atoms with E-state index < -0.39 is 0 Å². The molecule has 0 atom stereocenters. The number of rotatable bonds is 1. The Bertz CT molecular complexity index is 558. The Morgan fingerprint density at radius 3 is 2.75 bits per heavy atom. The van der Waals surface area contributed by atoms with Gasteiger partial charge in [-0.2, -0.15) is 0 Å². The average molecular weight is 209 g/mol. The standard InChI is InChI=1S/C15H15N/c1-12-9-10-13-6-2-3-8-15(13)14(12)7-4-5-11-16/h2-3,6,8-10H,5,11,16H2,1H3. The van der Waals surface area contributed by atoms with Gasteiger partial charge in [0.2, 0.25) is 0 Å². The first kappa shape index (κ1) is 10.7. The van der Waals surface area contributed by atoms with Gasteiger partial charge in [0.15, 0.2) is 0 Å². The Hall–Kier alpha value is -1.78. The summed E-state index contributed by atoms with van der Waals surface area (Å²) in [5.41, 5.74) is 7.80. The fraction of sp³-hybridized carbons (Fsp3) is 0.200. The van der Waals surface area contributed by atoms with Crippen LogP contribution in [0.15, 0.2) is 36.4 Å². The Kier molecular flexibility index (Phi) is 3.24. The van der Waals surface area contributed by atoms with E-state index in [1.54, 1.807) is 0 Å². The minimum absolute atomic E-state index is 0.622. The molecule has 80 valence electrons. The highest BCUT2D eigenvalue weighted by molar-refractivity contribution is 5.89. The molecule has 0 unspecified atom stereocenters. The van der Waals surface area contributed by atoms with Crippen LogP contribution in [0.5, 0.6) is 0 Å². The zero-order chi connectivity index (χ0) is 11.4. The number of hydrogen-bond donors (Lipinski definition) is 1. The molecule has 0 fully saturated rings. The van der Waals surface area contributed by atoms with Crippen LogP contribution in [-0.2, 0) is 0 Å². The molecule has 0 radical (unpaired) electrons.